The number of allylic oxidation sites excluding steroid dienone is 1. The van der Waals surface area contributed by atoms with Gasteiger partial charge in [-0.1, -0.05) is 57.9 Å². The summed E-state index contributed by atoms with van der Waals surface area (Å²) in [5.74, 6) is 0. The zero-order chi connectivity index (χ0) is 10.1. The topological polar surface area (TPSA) is 0 Å². The highest BCUT2D eigenvalue weighted by molar-refractivity contribution is 8.02. The minimum atomic E-state index is 0.922. The van der Waals surface area contributed by atoms with Gasteiger partial charge in [-0.05, 0) is 18.2 Å². The molecule has 1 rings (SSSR count). The van der Waals surface area contributed by atoms with E-state index in [-0.39, 0.29) is 0 Å². The van der Waals surface area contributed by atoms with Crippen LogP contribution in [-0.2, 0) is 0 Å². The Balaban J connectivity index is 1.75. The number of rotatable bonds is 8. The molecule has 0 aromatic heterocycles. The molecule has 0 bridgehead atoms. The van der Waals surface area contributed by atoms with Crippen LogP contribution >= 0.6 is 11.8 Å². The fourth-order valence-electron chi connectivity index (χ4n) is 1.94. The average molecular weight is 212 g/mol. The molecule has 0 nitrogen and oxygen atoms in total. The maximum absolute atomic E-state index is 2.32. The van der Waals surface area contributed by atoms with Gasteiger partial charge >= 0.3 is 0 Å². The van der Waals surface area contributed by atoms with Crippen LogP contribution in [0.5, 0.6) is 0 Å². The third-order valence-corrected chi connectivity index (χ3v) is 4.06. The van der Waals surface area contributed by atoms with E-state index < -0.39 is 0 Å². The minimum Gasteiger partial charge on any atom is -0.131 e. The maximum Gasteiger partial charge on any atom is 0.0123 e. The van der Waals surface area contributed by atoms with Crippen LogP contribution in [0.25, 0.3) is 0 Å². The Kier molecular flexibility index (Phi) is 7.30. The molecule has 82 valence electrons. The summed E-state index contributed by atoms with van der Waals surface area (Å²) in [6, 6.07) is 0. The van der Waals surface area contributed by atoms with Crippen LogP contribution in [0.1, 0.15) is 64.7 Å². The monoisotopic (exact) mass is 212 g/mol. The Bertz CT molecular complexity index is 143. The number of hydrogen-bond donors (Lipinski definition) is 0. The third-order valence-electron chi connectivity index (χ3n) is 2.90. The van der Waals surface area contributed by atoms with E-state index in [2.05, 4.69) is 18.4 Å². The van der Waals surface area contributed by atoms with Gasteiger partial charge in [0.25, 0.3) is 0 Å². The Morgan fingerprint density at radius 1 is 1.07 bits per heavy atom. The lowest BCUT2D eigenvalue weighted by Gasteiger charge is -2.07. The summed E-state index contributed by atoms with van der Waals surface area (Å²) < 4.78 is 0. The molecule has 0 fully saturated rings. The smallest absolute Gasteiger partial charge is 0.0123 e. The predicted molar refractivity (Wildman–Crippen MR) is 67.7 cm³/mol. The normalized spacial score (nSPS) is 20.5. The molecule has 1 heteroatoms. The molecule has 0 aromatic rings. The molecule has 0 saturated heterocycles. The van der Waals surface area contributed by atoms with Gasteiger partial charge in [-0.2, -0.15) is 0 Å². The van der Waals surface area contributed by atoms with Gasteiger partial charge in [0.05, 0.1) is 0 Å². The first-order valence-electron chi connectivity index (χ1n) is 6.24. The lowest BCUT2D eigenvalue weighted by molar-refractivity contribution is 0.571. The molecule has 0 saturated carbocycles. The first-order chi connectivity index (χ1) is 6.93. The standard InChI is InChI=1S/C13H24S/c1-2-3-4-5-6-7-8-10-13-11-9-12-14-13/h9,12-13H,2-8,10-11H2,1H3. The number of thioether (sulfide) groups is 1. The summed E-state index contributed by atoms with van der Waals surface area (Å²) in [5, 5.41) is 3.19. The lowest BCUT2D eigenvalue weighted by atomic mass is 10.1. The van der Waals surface area contributed by atoms with E-state index in [0.29, 0.717) is 0 Å². The summed E-state index contributed by atoms with van der Waals surface area (Å²) in [6.07, 6.45) is 15.2. The molecule has 0 aromatic carbocycles. The fraction of sp³-hybridized carbons (Fsp3) is 0.846. The first-order valence-corrected chi connectivity index (χ1v) is 7.18. The molecule has 0 spiro atoms. The van der Waals surface area contributed by atoms with Gasteiger partial charge in [-0.15, -0.1) is 11.8 Å². The molecule has 1 aliphatic rings. The molecular formula is C13H24S. The number of hydrogen-bond acceptors (Lipinski definition) is 1. The predicted octanol–water partition coefficient (Wildman–Crippen LogP) is 5.15. The van der Waals surface area contributed by atoms with Crippen molar-refractivity contribution in [3.8, 4) is 0 Å². The zero-order valence-corrected chi connectivity index (χ0v) is 10.3. The minimum absolute atomic E-state index is 0.922. The van der Waals surface area contributed by atoms with E-state index in [1.54, 1.807) is 0 Å². The Morgan fingerprint density at radius 2 is 1.79 bits per heavy atom. The van der Waals surface area contributed by atoms with Gasteiger partial charge in [0.1, 0.15) is 0 Å². The summed E-state index contributed by atoms with van der Waals surface area (Å²) >= 11 is 2.03. The van der Waals surface area contributed by atoms with Crippen LogP contribution < -0.4 is 0 Å². The van der Waals surface area contributed by atoms with E-state index in [1.165, 1.54) is 57.8 Å². The van der Waals surface area contributed by atoms with E-state index in [1.807, 2.05) is 11.8 Å². The average Bonchev–Trinajstić information content (AvgIpc) is 2.69. The van der Waals surface area contributed by atoms with Crippen LogP contribution in [0.3, 0.4) is 0 Å². The van der Waals surface area contributed by atoms with Gasteiger partial charge in [0.15, 0.2) is 0 Å². The second-order valence-electron chi connectivity index (χ2n) is 4.28. The second-order valence-corrected chi connectivity index (χ2v) is 5.49. The Labute approximate surface area is 93.5 Å². The van der Waals surface area contributed by atoms with Crippen molar-refractivity contribution in [1.29, 1.82) is 0 Å². The van der Waals surface area contributed by atoms with E-state index in [4.69, 9.17) is 0 Å². The third kappa shape index (κ3) is 5.74. The molecule has 1 aliphatic heterocycles. The van der Waals surface area contributed by atoms with Crippen molar-refractivity contribution >= 4 is 11.8 Å². The van der Waals surface area contributed by atoms with Crippen molar-refractivity contribution in [2.24, 2.45) is 0 Å². The molecule has 0 amide bonds. The molecule has 1 unspecified atom stereocenters. The second kappa shape index (κ2) is 8.40. The van der Waals surface area contributed by atoms with Crippen molar-refractivity contribution in [3.05, 3.63) is 11.5 Å². The summed E-state index contributed by atoms with van der Waals surface area (Å²) in [6.45, 7) is 2.28. The van der Waals surface area contributed by atoms with Crippen LogP contribution in [0.15, 0.2) is 11.5 Å². The van der Waals surface area contributed by atoms with Gasteiger partial charge in [-0.25, -0.2) is 0 Å². The zero-order valence-electron chi connectivity index (χ0n) is 9.50. The highest BCUT2D eigenvalue weighted by Crippen LogP contribution is 2.28. The maximum atomic E-state index is 2.32. The van der Waals surface area contributed by atoms with Crippen molar-refractivity contribution in [3.63, 3.8) is 0 Å². The molecule has 1 heterocycles. The molecular weight excluding hydrogens is 188 g/mol. The van der Waals surface area contributed by atoms with Crippen molar-refractivity contribution in [2.75, 3.05) is 0 Å². The van der Waals surface area contributed by atoms with Crippen LogP contribution in [0, 0.1) is 0 Å². The fourth-order valence-corrected chi connectivity index (χ4v) is 2.91. The summed E-state index contributed by atoms with van der Waals surface area (Å²) in [4.78, 5) is 0. The lowest BCUT2D eigenvalue weighted by Crippen LogP contribution is -1.95. The van der Waals surface area contributed by atoms with Gasteiger partial charge in [-0.3, -0.25) is 0 Å². The van der Waals surface area contributed by atoms with Crippen LogP contribution in [0.2, 0.25) is 0 Å². The van der Waals surface area contributed by atoms with E-state index >= 15 is 0 Å². The van der Waals surface area contributed by atoms with Crippen LogP contribution in [-0.4, -0.2) is 5.25 Å². The van der Waals surface area contributed by atoms with Crippen LogP contribution in [0.4, 0.5) is 0 Å². The van der Waals surface area contributed by atoms with E-state index in [9.17, 15) is 0 Å². The van der Waals surface area contributed by atoms with Gasteiger partial charge < -0.3 is 0 Å². The Hall–Kier alpha value is 0.0900. The molecule has 0 radical (unpaired) electrons. The highest BCUT2D eigenvalue weighted by atomic mass is 32.2. The highest BCUT2D eigenvalue weighted by Gasteiger charge is 2.09. The van der Waals surface area contributed by atoms with Crippen molar-refractivity contribution < 1.29 is 0 Å². The van der Waals surface area contributed by atoms with E-state index in [0.717, 1.165) is 5.25 Å². The van der Waals surface area contributed by atoms with Crippen molar-refractivity contribution in [2.45, 2.75) is 70.0 Å². The molecule has 0 aliphatic carbocycles. The molecule has 0 N–H and O–H groups in total. The first kappa shape index (κ1) is 12.2. The molecule has 14 heavy (non-hydrogen) atoms. The molecule has 1 atom stereocenters. The summed E-state index contributed by atoms with van der Waals surface area (Å²) in [7, 11) is 0. The SMILES string of the molecule is CCCCCCCCCC1CC=CS1. The van der Waals surface area contributed by atoms with Crippen molar-refractivity contribution in [1.82, 2.24) is 0 Å². The van der Waals surface area contributed by atoms with Gasteiger partial charge in [0, 0.05) is 5.25 Å². The summed E-state index contributed by atoms with van der Waals surface area (Å²) in [5.41, 5.74) is 0. The largest absolute Gasteiger partial charge is 0.131 e. The quantitative estimate of drug-likeness (QED) is 0.502. The van der Waals surface area contributed by atoms with Gasteiger partial charge in [0.2, 0.25) is 0 Å². The Morgan fingerprint density at radius 3 is 2.43 bits per heavy atom. The number of unbranched alkanes of at least 4 members (excludes halogenated alkanes) is 6.